The van der Waals surface area contributed by atoms with Gasteiger partial charge < -0.3 is 0 Å². The molecule has 0 heterocycles. The van der Waals surface area contributed by atoms with Crippen molar-refractivity contribution in [1.82, 2.24) is 0 Å². The van der Waals surface area contributed by atoms with E-state index >= 15 is 0 Å². The molecule has 0 aliphatic carbocycles. The number of azide groups is 1. The van der Waals surface area contributed by atoms with Crippen LogP contribution in [-0.4, -0.2) is 0 Å². The summed E-state index contributed by atoms with van der Waals surface area (Å²) in [4.78, 5) is 2.50. The number of allylic oxidation sites excluding steroid dienone is 1. The number of nitrogens with zero attached hydrogens (tertiary/aromatic N) is 3. The van der Waals surface area contributed by atoms with Crippen LogP contribution in [0, 0.1) is 0 Å². The molecule has 0 saturated carbocycles. The van der Waals surface area contributed by atoms with Crippen LogP contribution in [0.1, 0.15) is 13.8 Å². The molecule has 0 N–H and O–H groups in total. The molecule has 0 unspecified atom stereocenters. The third-order valence-corrected chi connectivity index (χ3v) is 0.463. The maximum Gasteiger partial charge on any atom is 0.0432 e. The zero-order chi connectivity index (χ0) is 6.41. The first kappa shape index (κ1) is 6.83. The maximum absolute atomic E-state index is 7.76. The third kappa shape index (κ3) is 4.83. The largest absolute Gasteiger partial charge is 0.120 e. The summed E-state index contributed by atoms with van der Waals surface area (Å²) in [5.41, 5.74) is 11.5. The van der Waals surface area contributed by atoms with E-state index in [9.17, 15) is 0 Å². The molecule has 0 rings (SSSR count). The third-order valence-electron chi connectivity index (χ3n) is 0.463. The summed E-state index contributed by atoms with van der Waals surface area (Å²) in [6.45, 7) is 3.76. The van der Waals surface area contributed by atoms with Gasteiger partial charge in [0.05, 0.1) is 0 Å². The van der Waals surface area contributed by atoms with Gasteiger partial charge in [0.15, 0.2) is 0 Å². The van der Waals surface area contributed by atoms with Crippen LogP contribution in [0.15, 0.2) is 22.6 Å². The van der Waals surface area contributed by atoms with E-state index in [-0.39, 0.29) is 0 Å². The molecule has 0 aromatic rings. The summed E-state index contributed by atoms with van der Waals surface area (Å²) < 4.78 is 0. The summed E-state index contributed by atoms with van der Waals surface area (Å²) in [5, 5.41) is 3.14. The van der Waals surface area contributed by atoms with E-state index in [2.05, 4.69) is 15.8 Å². The first-order chi connectivity index (χ1) is 3.77. The lowest BCUT2D eigenvalue weighted by Crippen LogP contribution is -1.50. The quantitative estimate of drug-likeness (QED) is 0.215. The molecule has 42 valence electrons. The standard InChI is InChI=1S/C5H7N3/c1-5(2)3-4-7-8-6/h4H,1-2H3. The number of hydrogen-bond acceptors (Lipinski definition) is 1. The molecule has 3 nitrogen and oxygen atoms in total. The molecule has 0 saturated heterocycles. The minimum atomic E-state index is 0.998. The van der Waals surface area contributed by atoms with Gasteiger partial charge in [0, 0.05) is 11.1 Å². The van der Waals surface area contributed by atoms with Gasteiger partial charge in [-0.15, -0.1) is 5.73 Å². The van der Waals surface area contributed by atoms with E-state index < -0.39 is 0 Å². The van der Waals surface area contributed by atoms with Crippen molar-refractivity contribution < 1.29 is 0 Å². The van der Waals surface area contributed by atoms with Crippen LogP contribution in [0.2, 0.25) is 0 Å². The molecule has 0 bridgehead atoms. The molecule has 0 aromatic heterocycles. The lowest BCUT2D eigenvalue weighted by Gasteiger charge is -1.70. The Morgan fingerprint density at radius 3 is 2.75 bits per heavy atom. The van der Waals surface area contributed by atoms with Crippen molar-refractivity contribution in [2.75, 3.05) is 0 Å². The Morgan fingerprint density at radius 1 is 1.75 bits per heavy atom. The molecule has 0 fully saturated rings. The van der Waals surface area contributed by atoms with Gasteiger partial charge in [0.1, 0.15) is 0 Å². The molecule has 0 atom stereocenters. The second kappa shape index (κ2) is 4.00. The monoisotopic (exact) mass is 109 g/mol. The Hall–Kier alpha value is -1.17. The topological polar surface area (TPSA) is 48.8 Å². The van der Waals surface area contributed by atoms with Gasteiger partial charge in [-0.2, -0.15) is 0 Å². The van der Waals surface area contributed by atoms with Gasteiger partial charge >= 0.3 is 0 Å². The molecule has 8 heavy (non-hydrogen) atoms. The maximum atomic E-state index is 7.76. The second-order valence-electron chi connectivity index (χ2n) is 1.48. The van der Waals surface area contributed by atoms with Gasteiger partial charge in [0.2, 0.25) is 0 Å². The van der Waals surface area contributed by atoms with E-state index in [4.69, 9.17) is 5.53 Å². The number of rotatable bonds is 1. The van der Waals surface area contributed by atoms with Crippen LogP contribution < -0.4 is 0 Å². The van der Waals surface area contributed by atoms with Crippen molar-refractivity contribution >= 4 is 0 Å². The van der Waals surface area contributed by atoms with Crippen molar-refractivity contribution in [2.45, 2.75) is 13.8 Å². The van der Waals surface area contributed by atoms with Crippen LogP contribution >= 0.6 is 0 Å². The van der Waals surface area contributed by atoms with E-state index in [0.717, 1.165) is 5.57 Å². The fourth-order valence-corrected chi connectivity index (χ4v) is 0.184. The highest BCUT2D eigenvalue weighted by atomic mass is 15.1. The second-order valence-corrected chi connectivity index (χ2v) is 1.48. The molecule has 0 spiro atoms. The first-order valence-corrected chi connectivity index (χ1v) is 2.20. The Bertz CT molecular complexity index is 164. The number of hydrogen-bond donors (Lipinski definition) is 0. The Kier molecular flexibility index (Phi) is 3.42. The van der Waals surface area contributed by atoms with Crippen LogP contribution in [0.4, 0.5) is 0 Å². The van der Waals surface area contributed by atoms with Gasteiger partial charge in [-0.1, -0.05) is 5.11 Å². The average molecular weight is 109 g/mol. The smallest absolute Gasteiger partial charge is 0.0432 e. The summed E-state index contributed by atoms with van der Waals surface area (Å²) in [7, 11) is 0. The summed E-state index contributed by atoms with van der Waals surface area (Å²) in [6, 6.07) is 0. The predicted octanol–water partition coefficient (Wildman–Crippen LogP) is 2.38. The minimum absolute atomic E-state index is 0.998. The van der Waals surface area contributed by atoms with Crippen molar-refractivity contribution in [3.8, 4) is 0 Å². The van der Waals surface area contributed by atoms with Crippen molar-refractivity contribution in [3.63, 3.8) is 0 Å². The summed E-state index contributed by atoms with van der Waals surface area (Å²) >= 11 is 0. The molecule has 0 amide bonds. The van der Waals surface area contributed by atoms with E-state index in [0.29, 0.717) is 0 Å². The fourth-order valence-electron chi connectivity index (χ4n) is 0.184. The average Bonchev–Trinajstić information content (AvgIpc) is 1.66. The Labute approximate surface area is 48.0 Å². The SMILES string of the molecule is CC(C)=C=CN=[N+]=[N-]. The van der Waals surface area contributed by atoms with E-state index in [1.807, 2.05) is 13.8 Å². The van der Waals surface area contributed by atoms with Gasteiger partial charge in [-0.3, -0.25) is 0 Å². The van der Waals surface area contributed by atoms with Gasteiger partial charge in [-0.05, 0) is 25.0 Å². The van der Waals surface area contributed by atoms with Crippen LogP contribution in [-0.2, 0) is 0 Å². The Morgan fingerprint density at radius 2 is 2.38 bits per heavy atom. The fraction of sp³-hybridized carbons (Fsp3) is 0.400. The summed E-state index contributed by atoms with van der Waals surface area (Å²) in [6.07, 6.45) is 1.30. The Balaban J connectivity index is 4.02. The van der Waals surface area contributed by atoms with E-state index in [1.165, 1.54) is 6.20 Å². The molecular weight excluding hydrogens is 102 g/mol. The molecule has 3 heteroatoms. The van der Waals surface area contributed by atoms with Crippen molar-refractivity contribution in [1.29, 1.82) is 0 Å². The molecule has 0 aromatic carbocycles. The van der Waals surface area contributed by atoms with Crippen molar-refractivity contribution in [2.24, 2.45) is 5.11 Å². The summed E-state index contributed by atoms with van der Waals surface area (Å²) in [5.74, 6) is 0. The van der Waals surface area contributed by atoms with Crippen LogP contribution in [0.3, 0.4) is 0 Å². The minimum Gasteiger partial charge on any atom is -0.120 e. The molecular formula is C5H7N3. The first-order valence-electron chi connectivity index (χ1n) is 2.20. The highest BCUT2D eigenvalue weighted by Crippen LogP contribution is 1.82. The highest BCUT2D eigenvalue weighted by molar-refractivity contribution is 4.92. The molecule has 0 aliphatic rings. The van der Waals surface area contributed by atoms with Crippen molar-refractivity contribution in [3.05, 3.63) is 27.9 Å². The lowest BCUT2D eigenvalue weighted by molar-refractivity contribution is 1.39. The molecule has 0 aliphatic heterocycles. The van der Waals surface area contributed by atoms with Gasteiger partial charge in [-0.25, -0.2) is 0 Å². The molecule has 0 radical (unpaired) electrons. The predicted molar refractivity (Wildman–Crippen MR) is 32.1 cm³/mol. The zero-order valence-corrected chi connectivity index (χ0v) is 4.92. The lowest BCUT2D eigenvalue weighted by atomic mass is 10.4. The van der Waals surface area contributed by atoms with Crippen LogP contribution in [0.25, 0.3) is 10.4 Å². The highest BCUT2D eigenvalue weighted by Gasteiger charge is 1.62. The zero-order valence-electron chi connectivity index (χ0n) is 4.92. The van der Waals surface area contributed by atoms with Crippen LogP contribution in [0.5, 0.6) is 0 Å². The normalized spacial score (nSPS) is 6.25. The van der Waals surface area contributed by atoms with E-state index in [1.54, 1.807) is 0 Å². The van der Waals surface area contributed by atoms with Gasteiger partial charge in [0.25, 0.3) is 0 Å².